The first-order valence-electron chi connectivity index (χ1n) is 11.1. The highest BCUT2D eigenvalue weighted by atomic mass is 16.6. The summed E-state index contributed by atoms with van der Waals surface area (Å²) in [4.78, 5) is 41.7. The third-order valence-corrected chi connectivity index (χ3v) is 6.11. The Balaban J connectivity index is 2.06. The number of rotatable bonds is 10. The zero-order chi connectivity index (χ0) is 23.1. The summed E-state index contributed by atoms with van der Waals surface area (Å²) in [7, 11) is 1.42. The maximum absolute atomic E-state index is 12.9. The van der Waals surface area contributed by atoms with Gasteiger partial charge in [-0.05, 0) is 18.8 Å². The molecule has 0 radical (unpaired) electrons. The molecule has 1 fully saturated rings. The predicted molar refractivity (Wildman–Crippen MR) is 116 cm³/mol. The summed E-state index contributed by atoms with van der Waals surface area (Å²) in [5, 5.41) is 0. The van der Waals surface area contributed by atoms with Crippen LogP contribution in [-0.2, 0) is 14.3 Å². The van der Waals surface area contributed by atoms with E-state index in [-0.39, 0.29) is 41.6 Å². The Hall–Kier alpha value is -2.44. The standard InChI is InChI=1S/C24H35NO6/c1-14(2)23(27)31-22-20(29-6)11-12-25-21(22)19(26)13-15(3)24(28)30-17(5)16(4)18-9-7-8-10-18/h11-12,14-18H,7-10,13H2,1-6H3/t15-,16+,17-/m1/s1. The van der Waals surface area contributed by atoms with Gasteiger partial charge in [-0.1, -0.05) is 53.4 Å². The third kappa shape index (κ3) is 6.52. The van der Waals surface area contributed by atoms with E-state index in [0.717, 1.165) is 0 Å². The molecule has 1 aromatic rings. The van der Waals surface area contributed by atoms with E-state index in [4.69, 9.17) is 14.2 Å². The first-order valence-corrected chi connectivity index (χ1v) is 11.1. The summed E-state index contributed by atoms with van der Waals surface area (Å²) in [6.45, 7) is 9.09. The summed E-state index contributed by atoms with van der Waals surface area (Å²) < 4.78 is 16.3. The smallest absolute Gasteiger partial charge is 0.313 e. The van der Waals surface area contributed by atoms with Crippen molar-refractivity contribution in [1.82, 2.24) is 4.98 Å². The molecule has 1 saturated carbocycles. The van der Waals surface area contributed by atoms with Gasteiger partial charge in [0.15, 0.2) is 17.2 Å². The molecule has 7 nitrogen and oxygen atoms in total. The minimum atomic E-state index is -0.646. The molecule has 1 aromatic heterocycles. The van der Waals surface area contributed by atoms with Crippen LogP contribution >= 0.6 is 0 Å². The SMILES string of the molecule is COc1ccnc(C(=O)C[C@@H](C)C(=O)O[C@H](C)[C@H](C)C2CCCC2)c1OC(=O)C(C)C. The molecule has 0 amide bonds. The number of hydrogen-bond donors (Lipinski definition) is 0. The molecule has 0 spiro atoms. The van der Waals surface area contributed by atoms with E-state index in [1.165, 1.54) is 45.1 Å². The van der Waals surface area contributed by atoms with Gasteiger partial charge in [-0.3, -0.25) is 14.4 Å². The van der Waals surface area contributed by atoms with Gasteiger partial charge < -0.3 is 14.2 Å². The van der Waals surface area contributed by atoms with Gasteiger partial charge in [0.2, 0.25) is 5.75 Å². The number of esters is 2. The van der Waals surface area contributed by atoms with Crippen molar-refractivity contribution < 1.29 is 28.6 Å². The minimum absolute atomic E-state index is 0.0162. The molecule has 7 heteroatoms. The Morgan fingerprint density at radius 3 is 2.29 bits per heavy atom. The fourth-order valence-electron chi connectivity index (χ4n) is 3.84. The lowest BCUT2D eigenvalue weighted by Gasteiger charge is -2.26. The van der Waals surface area contributed by atoms with E-state index in [9.17, 15) is 14.4 Å². The molecule has 1 aliphatic rings. The topological polar surface area (TPSA) is 91.8 Å². The largest absolute Gasteiger partial charge is 0.493 e. The van der Waals surface area contributed by atoms with Crippen LogP contribution in [0.25, 0.3) is 0 Å². The lowest BCUT2D eigenvalue weighted by molar-refractivity contribution is -0.155. The number of carbonyl (C=O) groups excluding carboxylic acids is 3. The first kappa shape index (κ1) is 24.8. The van der Waals surface area contributed by atoms with Crippen LogP contribution in [0, 0.1) is 23.7 Å². The molecule has 0 N–H and O–H groups in total. The van der Waals surface area contributed by atoms with E-state index in [0.29, 0.717) is 5.92 Å². The Labute approximate surface area is 184 Å². The second-order valence-electron chi connectivity index (χ2n) is 8.84. The highest BCUT2D eigenvalue weighted by Crippen LogP contribution is 2.34. The maximum atomic E-state index is 12.9. The first-order chi connectivity index (χ1) is 14.6. The number of ketones is 1. The fourth-order valence-corrected chi connectivity index (χ4v) is 3.84. The fraction of sp³-hybridized carbons (Fsp3) is 0.667. The van der Waals surface area contributed by atoms with Crippen molar-refractivity contribution in [2.45, 2.75) is 72.8 Å². The van der Waals surface area contributed by atoms with Crippen LogP contribution in [0.4, 0.5) is 0 Å². The van der Waals surface area contributed by atoms with Crippen LogP contribution in [0.3, 0.4) is 0 Å². The molecule has 31 heavy (non-hydrogen) atoms. The van der Waals surface area contributed by atoms with Gasteiger partial charge in [-0.25, -0.2) is 4.98 Å². The maximum Gasteiger partial charge on any atom is 0.313 e. The van der Waals surface area contributed by atoms with Crippen molar-refractivity contribution in [2.24, 2.45) is 23.7 Å². The molecule has 0 aliphatic heterocycles. The van der Waals surface area contributed by atoms with E-state index < -0.39 is 23.6 Å². The van der Waals surface area contributed by atoms with Crippen LogP contribution in [0.2, 0.25) is 0 Å². The Morgan fingerprint density at radius 2 is 1.71 bits per heavy atom. The van der Waals surface area contributed by atoms with Crippen molar-refractivity contribution in [3.63, 3.8) is 0 Å². The molecule has 0 bridgehead atoms. The van der Waals surface area contributed by atoms with E-state index in [2.05, 4.69) is 11.9 Å². The van der Waals surface area contributed by atoms with Crippen LogP contribution < -0.4 is 9.47 Å². The molecular formula is C24H35NO6. The Kier molecular flexibility index (Phi) is 9.01. The van der Waals surface area contributed by atoms with Crippen molar-refractivity contribution >= 4 is 17.7 Å². The second-order valence-corrected chi connectivity index (χ2v) is 8.84. The molecule has 0 unspecified atom stereocenters. The number of pyridine rings is 1. The van der Waals surface area contributed by atoms with E-state index >= 15 is 0 Å². The monoisotopic (exact) mass is 433 g/mol. The average Bonchev–Trinajstić information content (AvgIpc) is 3.27. The zero-order valence-electron chi connectivity index (χ0n) is 19.5. The zero-order valence-corrected chi connectivity index (χ0v) is 19.5. The molecule has 1 aliphatic carbocycles. The van der Waals surface area contributed by atoms with E-state index in [1.807, 2.05) is 6.92 Å². The second kappa shape index (κ2) is 11.3. The summed E-state index contributed by atoms with van der Waals surface area (Å²) in [5.74, 6) is -1.25. The number of methoxy groups -OCH3 is 1. The third-order valence-electron chi connectivity index (χ3n) is 6.11. The van der Waals surface area contributed by atoms with Crippen LogP contribution in [0.5, 0.6) is 11.5 Å². The van der Waals surface area contributed by atoms with Crippen molar-refractivity contribution in [2.75, 3.05) is 7.11 Å². The minimum Gasteiger partial charge on any atom is -0.493 e. The number of ether oxygens (including phenoxy) is 3. The molecular weight excluding hydrogens is 398 g/mol. The average molecular weight is 434 g/mol. The van der Waals surface area contributed by atoms with Crippen molar-refractivity contribution in [3.05, 3.63) is 18.0 Å². The van der Waals surface area contributed by atoms with Gasteiger partial charge in [-0.15, -0.1) is 0 Å². The van der Waals surface area contributed by atoms with Crippen LogP contribution in [0.1, 0.15) is 77.2 Å². The lowest BCUT2D eigenvalue weighted by atomic mass is 9.88. The molecule has 1 heterocycles. The van der Waals surface area contributed by atoms with Gasteiger partial charge in [0.25, 0.3) is 0 Å². The summed E-state index contributed by atoms with van der Waals surface area (Å²) in [6.07, 6.45) is 5.93. The van der Waals surface area contributed by atoms with Crippen molar-refractivity contribution in [3.8, 4) is 11.5 Å². The van der Waals surface area contributed by atoms with Gasteiger partial charge >= 0.3 is 11.9 Å². The Morgan fingerprint density at radius 1 is 1.06 bits per heavy atom. The summed E-state index contributed by atoms with van der Waals surface area (Å²) >= 11 is 0. The number of Topliss-reactive ketones (excluding diaryl/α,β-unsaturated/α-hetero) is 1. The molecule has 3 atom stereocenters. The number of nitrogens with zero attached hydrogens (tertiary/aromatic N) is 1. The highest BCUT2D eigenvalue weighted by molar-refractivity contribution is 6.00. The van der Waals surface area contributed by atoms with Crippen LogP contribution in [-0.4, -0.2) is 35.9 Å². The molecule has 2 rings (SSSR count). The van der Waals surface area contributed by atoms with Gasteiger partial charge in [0.1, 0.15) is 6.10 Å². The predicted octanol–water partition coefficient (Wildman–Crippen LogP) is 4.62. The van der Waals surface area contributed by atoms with E-state index in [1.54, 1.807) is 20.8 Å². The lowest BCUT2D eigenvalue weighted by Crippen LogP contribution is -2.30. The van der Waals surface area contributed by atoms with Crippen molar-refractivity contribution in [1.29, 1.82) is 0 Å². The van der Waals surface area contributed by atoms with Gasteiger partial charge in [0.05, 0.1) is 18.9 Å². The number of hydrogen-bond acceptors (Lipinski definition) is 7. The molecule has 172 valence electrons. The van der Waals surface area contributed by atoms with Crippen LogP contribution in [0.15, 0.2) is 12.3 Å². The Bertz CT molecular complexity index is 784. The number of aromatic nitrogens is 1. The van der Waals surface area contributed by atoms with Gasteiger partial charge in [-0.2, -0.15) is 0 Å². The van der Waals surface area contributed by atoms with Gasteiger partial charge in [0, 0.05) is 18.7 Å². The normalized spacial score (nSPS) is 17.1. The summed E-state index contributed by atoms with van der Waals surface area (Å²) in [5.41, 5.74) is -0.0274. The highest BCUT2D eigenvalue weighted by Gasteiger charge is 2.30. The molecule has 0 aromatic carbocycles. The molecule has 0 saturated heterocycles. The quantitative estimate of drug-likeness (QED) is 0.393. The number of carbonyl (C=O) groups is 3. The summed E-state index contributed by atoms with van der Waals surface area (Å²) in [6, 6.07) is 1.52.